The van der Waals surface area contributed by atoms with Crippen LogP contribution in [0, 0.1) is 0 Å². The molecule has 1 fully saturated rings. The van der Waals surface area contributed by atoms with E-state index in [9.17, 15) is 4.79 Å². The minimum absolute atomic E-state index is 0.269. The second kappa shape index (κ2) is 7.00. The van der Waals surface area contributed by atoms with Gasteiger partial charge < -0.3 is 4.90 Å². The molecule has 128 valence electrons. The van der Waals surface area contributed by atoms with Crippen LogP contribution in [0.25, 0.3) is 10.2 Å². The van der Waals surface area contributed by atoms with Crippen LogP contribution in [-0.2, 0) is 17.6 Å². The Labute approximate surface area is 151 Å². The third-order valence-electron chi connectivity index (χ3n) is 5.22. The van der Waals surface area contributed by atoms with Crippen molar-refractivity contribution in [1.82, 2.24) is 14.9 Å². The Bertz CT molecular complexity index is 758. The van der Waals surface area contributed by atoms with E-state index in [1.165, 1.54) is 35.1 Å². The number of amides is 1. The number of nitrogens with zero attached hydrogens (tertiary/aromatic N) is 3. The molecule has 2 aromatic rings. The van der Waals surface area contributed by atoms with E-state index in [4.69, 9.17) is 0 Å². The molecule has 0 radical (unpaired) electrons. The molecule has 0 N–H and O–H groups in total. The summed E-state index contributed by atoms with van der Waals surface area (Å²) < 4.78 is 0. The average Bonchev–Trinajstić information content (AvgIpc) is 3.20. The van der Waals surface area contributed by atoms with Crippen molar-refractivity contribution < 1.29 is 4.79 Å². The van der Waals surface area contributed by atoms with Crippen LogP contribution in [0.4, 0.5) is 0 Å². The summed E-state index contributed by atoms with van der Waals surface area (Å²) in [6, 6.07) is 0.433. The fourth-order valence-corrected chi connectivity index (χ4v) is 6.18. The standard InChI is InChI=1S/C18H23N3OS2/c1-2-12-6-3-4-9-21(12)15(22)10-23-17-16-13-7-5-8-14(13)24-18(16)20-11-19-17/h11-12H,2-10H2,1H3/t12-/m1/s1. The third kappa shape index (κ3) is 2.94. The second-order valence-corrected chi connectivity index (χ2v) is 8.70. The molecule has 4 nitrogen and oxygen atoms in total. The van der Waals surface area contributed by atoms with Gasteiger partial charge in [-0.1, -0.05) is 18.7 Å². The fraction of sp³-hybridized carbons (Fsp3) is 0.611. The highest BCUT2D eigenvalue weighted by Crippen LogP contribution is 2.40. The molecule has 0 saturated carbocycles. The number of aromatic nitrogens is 2. The van der Waals surface area contributed by atoms with Gasteiger partial charge in [-0.15, -0.1) is 11.3 Å². The molecular formula is C18H23N3OS2. The van der Waals surface area contributed by atoms with E-state index in [-0.39, 0.29) is 5.91 Å². The molecule has 0 unspecified atom stereocenters. The Morgan fingerprint density at radius 2 is 2.25 bits per heavy atom. The van der Waals surface area contributed by atoms with Gasteiger partial charge in [-0.3, -0.25) is 4.79 Å². The lowest BCUT2D eigenvalue weighted by atomic mass is 10.0. The normalized spacial score (nSPS) is 20.5. The molecule has 0 spiro atoms. The summed E-state index contributed by atoms with van der Waals surface area (Å²) in [4.78, 5) is 26.3. The van der Waals surface area contributed by atoms with Crippen molar-refractivity contribution in [2.45, 2.75) is 62.9 Å². The number of likely N-dealkylation sites (tertiary alicyclic amines) is 1. The SMILES string of the molecule is CC[C@@H]1CCCCN1C(=O)CSc1ncnc2sc3c(c12)CCC3. The summed E-state index contributed by atoms with van der Waals surface area (Å²) in [5.74, 6) is 0.762. The Morgan fingerprint density at radius 3 is 3.12 bits per heavy atom. The van der Waals surface area contributed by atoms with E-state index in [1.807, 2.05) is 11.3 Å². The molecule has 0 aromatic carbocycles. The summed E-state index contributed by atoms with van der Waals surface area (Å²) >= 11 is 3.41. The lowest BCUT2D eigenvalue weighted by molar-refractivity contribution is -0.132. The van der Waals surface area contributed by atoms with Crippen LogP contribution in [0.2, 0.25) is 0 Å². The lowest BCUT2D eigenvalue weighted by Gasteiger charge is -2.35. The molecular weight excluding hydrogens is 338 g/mol. The Hall–Kier alpha value is -1.14. The van der Waals surface area contributed by atoms with E-state index in [2.05, 4.69) is 21.8 Å². The molecule has 1 atom stereocenters. The third-order valence-corrected chi connectivity index (χ3v) is 7.39. The van der Waals surface area contributed by atoms with Gasteiger partial charge in [0, 0.05) is 22.8 Å². The predicted octanol–water partition coefficient (Wildman–Crippen LogP) is 4.06. The van der Waals surface area contributed by atoms with Crippen molar-refractivity contribution >= 4 is 39.2 Å². The fourth-order valence-electron chi connectivity index (χ4n) is 3.98. The first kappa shape index (κ1) is 16.3. The summed E-state index contributed by atoms with van der Waals surface area (Å²) in [5, 5.41) is 2.22. The number of aryl methyl sites for hydroxylation is 2. The average molecular weight is 362 g/mol. The highest BCUT2D eigenvalue weighted by Gasteiger charge is 2.26. The minimum Gasteiger partial charge on any atom is -0.339 e. The number of thiophene rings is 1. The van der Waals surface area contributed by atoms with Crippen LogP contribution in [0.5, 0.6) is 0 Å². The zero-order valence-electron chi connectivity index (χ0n) is 14.1. The van der Waals surface area contributed by atoms with Crippen molar-refractivity contribution in [3.63, 3.8) is 0 Å². The quantitative estimate of drug-likeness (QED) is 0.608. The van der Waals surface area contributed by atoms with Crippen LogP contribution >= 0.6 is 23.1 Å². The van der Waals surface area contributed by atoms with Crippen molar-refractivity contribution in [2.24, 2.45) is 0 Å². The Balaban J connectivity index is 1.52. The number of piperidine rings is 1. The Kier molecular flexibility index (Phi) is 4.77. The van der Waals surface area contributed by atoms with Gasteiger partial charge in [0.1, 0.15) is 16.2 Å². The molecule has 0 bridgehead atoms. The van der Waals surface area contributed by atoms with Crippen LogP contribution < -0.4 is 0 Å². The Morgan fingerprint density at radius 1 is 1.33 bits per heavy atom. The van der Waals surface area contributed by atoms with Crippen molar-refractivity contribution in [2.75, 3.05) is 12.3 Å². The van der Waals surface area contributed by atoms with E-state index in [1.54, 1.807) is 18.1 Å². The van der Waals surface area contributed by atoms with Gasteiger partial charge in [0.25, 0.3) is 0 Å². The maximum Gasteiger partial charge on any atom is 0.233 e. The summed E-state index contributed by atoms with van der Waals surface area (Å²) in [5.41, 5.74) is 1.44. The molecule has 6 heteroatoms. The zero-order chi connectivity index (χ0) is 16.5. The van der Waals surface area contributed by atoms with Crippen LogP contribution in [0.1, 0.15) is 49.5 Å². The molecule has 1 aliphatic heterocycles. The number of hydrogen-bond acceptors (Lipinski definition) is 5. The van der Waals surface area contributed by atoms with E-state index in [0.29, 0.717) is 11.8 Å². The highest BCUT2D eigenvalue weighted by molar-refractivity contribution is 8.00. The molecule has 2 aromatic heterocycles. The first-order valence-electron chi connectivity index (χ1n) is 8.95. The number of rotatable bonds is 4. The summed E-state index contributed by atoms with van der Waals surface area (Å²) in [6.45, 7) is 3.11. The lowest BCUT2D eigenvalue weighted by Crippen LogP contribution is -2.44. The number of hydrogen-bond donors (Lipinski definition) is 0. The second-order valence-electron chi connectivity index (χ2n) is 6.65. The van der Waals surface area contributed by atoms with Gasteiger partial charge in [0.05, 0.1) is 5.75 Å². The maximum absolute atomic E-state index is 12.7. The number of carbonyl (C=O) groups is 1. The number of thioether (sulfide) groups is 1. The summed E-state index contributed by atoms with van der Waals surface area (Å²) in [6.07, 6.45) is 9.80. The molecule has 1 aliphatic carbocycles. The van der Waals surface area contributed by atoms with Gasteiger partial charge in [0.15, 0.2) is 0 Å². The van der Waals surface area contributed by atoms with Crippen LogP contribution in [0.15, 0.2) is 11.4 Å². The smallest absolute Gasteiger partial charge is 0.233 e. The minimum atomic E-state index is 0.269. The first-order chi connectivity index (χ1) is 11.8. The van der Waals surface area contributed by atoms with Gasteiger partial charge in [0.2, 0.25) is 5.91 Å². The van der Waals surface area contributed by atoms with Crippen LogP contribution in [-0.4, -0.2) is 39.1 Å². The molecule has 24 heavy (non-hydrogen) atoms. The van der Waals surface area contributed by atoms with Gasteiger partial charge in [-0.2, -0.15) is 0 Å². The van der Waals surface area contributed by atoms with Crippen molar-refractivity contribution in [1.29, 1.82) is 0 Å². The van der Waals surface area contributed by atoms with Gasteiger partial charge in [-0.25, -0.2) is 9.97 Å². The maximum atomic E-state index is 12.7. The van der Waals surface area contributed by atoms with Crippen molar-refractivity contribution in [3.8, 4) is 0 Å². The predicted molar refractivity (Wildman–Crippen MR) is 99.8 cm³/mol. The van der Waals surface area contributed by atoms with Gasteiger partial charge in [-0.05, 0) is 50.5 Å². The van der Waals surface area contributed by atoms with Crippen molar-refractivity contribution in [3.05, 3.63) is 16.8 Å². The van der Waals surface area contributed by atoms with Crippen LogP contribution in [0.3, 0.4) is 0 Å². The zero-order valence-corrected chi connectivity index (χ0v) is 15.7. The van der Waals surface area contributed by atoms with E-state index >= 15 is 0 Å². The number of fused-ring (bicyclic) bond motifs is 3. The first-order valence-corrected chi connectivity index (χ1v) is 10.8. The van der Waals surface area contributed by atoms with E-state index < -0.39 is 0 Å². The molecule has 1 saturated heterocycles. The largest absolute Gasteiger partial charge is 0.339 e. The monoisotopic (exact) mass is 361 g/mol. The molecule has 1 amide bonds. The molecule has 3 heterocycles. The van der Waals surface area contributed by atoms with Gasteiger partial charge >= 0.3 is 0 Å². The molecule has 2 aliphatic rings. The molecule has 4 rings (SSSR count). The topological polar surface area (TPSA) is 46.1 Å². The summed E-state index contributed by atoms with van der Waals surface area (Å²) in [7, 11) is 0. The highest BCUT2D eigenvalue weighted by atomic mass is 32.2. The van der Waals surface area contributed by atoms with E-state index in [0.717, 1.165) is 42.1 Å². The number of carbonyl (C=O) groups excluding carboxylic acids is 1.